The normalized spacial score (nSPS) is 22.5. The lowest BCUT2D eigenvalue weighted by Gasteiger charge is -2.39. The van der Waals surface area contributed by atoms with Gasteiger partial charge in [-0.1, -0.05) is 19.0 Å². The number of amides is 1. The van der Waals surface area contributed by atoms with Crippen molar-refractivity contribution in [3.63, 3.8) is 0 Å². The van der Waals surface area contributed by atoms with E-state index in [1.165, 1.54) is 0 Å². The molecule has 0 aromatic carbocycles. The van der Waals surface area contributed by atoms with Crippen molar-refractivity contribution in [2.75, 3.05) is 26.2 Å². The summed E-state index contributed by atoms with van der Waals surface area (Å²) >= 11 is 0. The first-order valence-electron chi connectivity index (χ1n) is 9.07. The Morgan fingerprint density at radius 2 is 1.75 bits per heavy atom. The molecule has 1 aromatic heterocycles. The summed E-state index contributed by atoms with van der Waals surface area (Å²) in [4.78, 5) is 21.3. The average molecular weight is 335 g/mol. The Kier molecular flexibility index (Phi) is 5.20. The number of rotatable bonds is 6. The zero-order chi connectivity index (χ0) is 17.3. The number of carbonyl (C=O) groups excluding carboxylic acids is 1. The molecule has 7 nitrogen and oxygen atoms in total. The molecule has 2 heterocycles. The van der Waals surface area contributed by atoms with E-state index in [0.717, 1.165) is 44.8 Å². The second-order valence-electron chi connectivity index (χ2n) is 7.35. The predicted octanol–water partition coefficient (Wildman–Crippen LogP) is 1.54. The van der Waals surface area contributed by atoms with Crippen LogP contribution in [0.25, 0.3) is 0 Å². The van der Waals surface area contributed by atoms with Gasteiger partial charge in [-0.3, -0.25) is 14.6 Å². The summed E-state index contributed by atoms with van der Waals surface area (Å²) in [6, 6.07) is 0.482. The van der Waals surface area contributed by atoms with Crippen LogP contribution in [-0.2, 0) is 4.79 Å². The van der Waals surface area contributed by atoms with Crippen LogP contribution >= 0.6 is 0 Å². The van der Waals surface area contributed by atoms with Crippen molar-refractivity contribution >= 4 is 5.91 Å². The molecule has 1 N–H and O–H groups in total. The van der Waals surface area contributed by atoms with Crippen LogP contribution in [0.15, 0.2) is 4.52 Å². The fourth-order valence-electron chi connectivity index (χ4n) is 3.03. The van der Waals surface area contributed by atoms with Crippen LogP contribution in [0.2, 0.25) is 0 Å². The molecule has 1 saturated carbocycles. The predicted molar refractivity (Wildman–Crippen MR) is 90.6 cm³/mol. The number of aromatic nitrogens is 2. The summed E-state index contributed by atoms with van der Waals surface area (Å²) in [5, 5.41) is 7.15. The molecular weight excluding hydrogens is 306 g/mol. The second kappa shape index (κ2) is 7.19. The third kappa shape index (κ3) is 3.95. The van der Waals surface area contributed by atoms with Gasteiger partial charge < -0.3 is 9.84 Å². The summed E-state index contributed by atoms with van der Waals surface area (Å²) in [7, 11) is 0. The third-order valence-electron chi connectivity index (χ3n) is 5.08. The van der Waals surface area contributed by atoms with Gasteiger partial charge in [0.15, 0.2) is 5.82 Å². The van der Waals surface area contributed by atoms with Gasteiger partial charge in [-0.25, -0.2) is 0 Å². The maximum absolute atomic E-state index is 12.2. The van der Waals surface area contributed by atoms with Gasteiger partial charge in [-0.2, -0.15) is 4.98 Å². The van der Waals surface area contributed by atoms with E-state index in [2.05, 4.69) is 46.0 Å². The quantitative estimate of drug-likeness (QED) is 0.850. The van der Waals surface area contributed by atoms with Crippen molar-refractivity contribution in [1.29, 1.82) is 0 Å². The van der Waals surface area contributed by atoms with Gasteiger partial charge in [0.2, 0.25) is 11.8 Å². The Morgan fingerprint density at radius 1 is 1.12 bits per heavy atom. The second-order valence-corrected chi connectivity index (χ2v) is 7.35. The first kappa shape index (κ1) is 17.4. The number of carbonyl (C=O) groups is 1. The van der Waals surface area contributed by atoms with Crippen LogP contribution in [0.4, 0.5) is 0 Å². The van der Waals surface area contributed by atoms with Gasteiger partial charge in [0.05, 0.1) is 12.1 Å². The molecule has 1 aliphatic heterocycles. The molecule has 2 aliphatic rings. The molecule has 0 unspecified atom stereocenters. The zero-order valence-corrected chi connectivity index (χ0v) is 15.2. The third-order valence-corrected chi connectivity index (χ3v) is 5.08. The number of nitrogens with one attached hydrogen (secondary N) is 1. The van der Waals surface area contributed by atoms with Gasteiger partial charge in [-0.15, -0.1) is 0 Å². The molecule has 3 rings (SSSR count). The van der Waals surface area contributed by atoms with E-state index in [1.54, 1.807) is 0 Å². The highest BCUT2D eigenvalue weighted by atomic mass is 16.5. The molecule has 0 radical (unpaired) electrons. The molecule has 24 heavy (non-hydrogen) atoms. The minimum atomic E-state index is -0.0565. The Balaban J connectivity index is 1.50. The highest BCUT2D eigenvalue weighted by Gasteiger charge is 2.32. The number of nitrogens with zero attached hydrogens (tertiary/aromatic N) is 4. The minimum absolute atomic E-state index is 0.0565. The van der Waals surface area contributed by atoms with Crippen molar-refractivity contribution in [3.05, 3.63) is 11.7 Å². The number of hydrogen-bond donors (Lipinski definition) is 1. The Morgan fingerprint density at radius 3 is 2.29 bits per heavy atom. The molecule has 0 bridgehead atoms. The van der Waals surface area contributed by atoms with Crippen molar-refractivity contribution in [2.45, 2.75) is 64.6 Å². The highest BCUT2D eigenvalue weighted by Crippen LogP contribution is 2.23. The van der Waals surface area contributed by atoms with E-state index >= 15 is 0 Å². The summed E-state index contributed by atoms with van der Waals surface area (Å²) in [5.41, 5.74) is 0. The van der Waals surface area contributed by atoms with Crippen molar-refractivity contribution in [3.8, 4) is 0 Å². The van der Waals surface area contributed by atoms with E-state index < -0.39 is 0 Å². The molecule has 1 saturated heterocycles. The van der Waals surface area contributed by atoms with Crippen LogP contribution in [0.3, 0.4) is 0 Å². The lowest BCUT2D eigenvalue weighted by Crippen LogP contribution is -2.54. The maximum atomic E-state index is 12.2. The SMILES string of the molecule is CC(C)c1noc([C@@H](C)N2CCN([C@@H](C)C(=O)NC3CC3)CC2)n1. The van der Waals surface area contributed by atoms with Gasteiger partial charge in [0.1, 0.15) is 0 Å². The molecule has 0 spiro atoms. The Bertz CT molecular complexity index is 561. The lowest BCUT2D eigenvalue weighted by atomic mass is 10.1. The van der Waals surface area contributed by atoms with Crippen LogP contribution in [0.5, 0.6) is 0 Å². The molecule has 1 aromatic rings. The molecule has 1 aliphatic carbocycles. The summed E-state index contributed by atoms with van der Waals surface area (Å²) in [6.45, 7) is 11.8. The topological polar surface area (TPSA) is 74.5 Å². The lowest BCUT2D eigenvalue weighted by molar-refractivity contribution is -0.126. The van der Waals surface area contributed by atoms with Crippen molar-refractivity contribution in [2.24, 2.45) is 0 Å². The average Bonchev–Trinajstić information content (AvgIpc) is 3.25. The largest absolute Gasteiger partial charge is 0.352 e. The van der Waals surface area contributed by atoms with E-state index in [4.69, 9.17) is 4.52 Å². The first-order chi connectivity index (χ1) is 11.5. The Hall–Kier alpha value is -1.47. The molecular formula is C17H29N5O2. The number of piperazine rings is 1. The molecule has 7 heteroatoms. The smallest absolute Gasteiger partial charge is 0.243 e. The van der Waals surface area contributed by atoms with E-state index in [0.29, 0.717) is 11.9 Å². The highest BCUT2D eigenvalue weighted by molar-refractivity contribution is 5.81. The van der Waals surface area contributed by atoms with Crippen LogP contribution in [0, 0.1) is 0 Å². The van der Waals surface area contributed by atoms with E-state index in [-0.39, 0.29) is 23.9 Å². The van der Waals surface area contributed by atoms with Crippen LogP contribution in [0.1, 0.15) is 64.2 Å². The molecule has 1 amide bonds. The summed E-state index contributed by atoms with van der Waals surface area (Å²) < 4.78 is 5.42. The monoisotopic (exact) mass is 335 g/mol. The molecule has 2 atom stereocenters. The molecule has 2 fully saturated rings. The van der Waals surface area contributed by atoms with Crippen LogP contribution in [-0.4, -0.2) is 64.1 Å². The zero-order valence-electron chi connectivity index (χ0n) is 15.2. The van der Waals surface area contributed by atoms with Crippen molar-refractivity contribution < 1.29 is 9.32 Å². The van der Waals surface area contributed by atoms with E-state index in [9.17, 15) is 4.79 Å². The van der Waals surface area contributed by atoms with E-state index in [1.807, 2.05) is 6.92 Å². The maximum Gasteiger partial charge on any atom is 0.243 e. The minimum Gasteiger partial charge on any atom is -0.352 e. The van der Waals surface area contributed by atoms with Gasteiger partial charge >= 0.3 is 0 Å². The fourth-order valence-corrected chi connectivity index (χ4v) is 3.03. The number of hydrogen-bond acceptors (Lipinski definition) is 6. The van der Waals surface area contributed by atoms with Crippen molar-refractivity contribution in [1.82, 2.24) is 25.3 Å². The standard InChI is InChI=1S/C17H29N5O2/c1-11(2)15-19-17(24-20-15)13(4)22-9-7-21(8-10-22)12(3)16(23)18-14-5-6-14/h11-14H,5-10H2,1-4H3,(H,18,23)/t12-,13+/m0/s1. The van der Waals surface area contributed by atoms with Gasteiger partial charge in [0, 0.05) is 38.1 Å². The fraction of sp³-hybridized carbons (Fsp3) is 0.824. The summed E-state index contributed by atoms with van der Waals surface area (Å²) in [5.74, 6) is 1.89. The van der Waals surface area contributed by atoms with Gasteiger partial charge in [0.25, 0.3) is 0 Å². The van der Waals surface area contributed by atoms with Gasteiger partial charge in [-0.05, 0) is 26.7 Å². The summed E-state index contributed by atoms with van der Waals surface area (Å²) in [6.07, 6.45) is 2.26. The van der Waals surface area contributed by atoms with Crippen LogP contribution < -0.4 is 5.32 Å². The first-order valence-corrected chi connectivity index (χ1v) is 9.07. The molecule has 134 valence electrons. The Labute approximate surface area is 143 Å².